The molecule has 0 bridgehead atoms. The van der Waals surface area contributed by atoms with E-state index in [0.717, 1.165) is 19.1 Å². The zero-order valence-electron chi connectivity index (χ0n) is 10.3. The van der Waals surface area contributed by atoms with Gasteiger partial charge in [0.25, 0.3) is 0 Å². The highest BCUT2D eigenvalue weighted by molar-refractivity contribution is 4.79. The second-order valence-electron chi connectivity index (χ2n) is 5.48. The molecule has 1 heterocycles. The van der Waals surface area contributed by atoms with Gasteiger partial charge in [0.05, 0.1) is 6.61 Å². The van der Waals surface area contributed by atoms with Crippen molar-refractivity contribution in [1.82, 2.24) is 5.43 Å². The van der Waals surface area contributed by atoms with Gasteiger partial charge in [0.2, 0.25) is 0 Å². The first-order valence-electron chi connectivity index (χ1n) is 6.94. The van der Waals surface area contributed by atoms with Crippen LogP contribution in [0.2, 0.25) is 0 Å². The second kappa shape index (κ2) is 6.58. The standard InChI is InChI=1S/C13H26N2O/c14-15-13(12-8-9-16-10-12)7-6-11-4-2-1-3-5-11/h11-13,15H,1-10,14H2. The monoisotopic (exact) mass is 226 g/mol. The van der Waals surface area contributed by atoms with E-state index in [1.807, 2.05) is 0 Å². The van der Waals surface area contributed by atoms with Crippen LogP contribution in [0.25, 0.3) is 0 Å². The van der Waals surface area contributed by atoms with Crippen LogP contribution in [0.4, 0.5) is 0 Å². The Bertz CT molecular complexity index is 186. The van der Waals surface area contributed by atoms with Crippen molar-refractivity contribution in [3.8, 4) is 0 Å². The Labute approximate surface area is 99.1 Å². The van der Waals surface area contributed by atoms with E-state index in [0.29, 0.717) is 12.0 Å². The lowest BCUT2D eigenvalue weighted by Crippen LogP contribution is -2.41. The molecule has 0 aromatic heterocycles. The SMILES string of the molecule is NNC(CCC1CCCCC1)C1CCOC1. The molecule has 1 aliphatic heterocycles. The lowest BCUT2D eigenvalue weighted by Gasteiger charge is -2.26. The Hall–Kier alpha value is -0.120. The number of nitrogens with two attached hydrogens (primary N) is 1. The van der Waals surface area contributed by atoms with E-state index < -0.39 is 0 Å². The van der Waals surface area contributed by atoms with Gasteiger partial charge in [-0.2, -0.15) is 0 Å². The van der Waals surface area contributed by atoms with Crippen LogP contribution in [-0.2, 0) is 4.74 Å². The molecule has 2 fully saturated rings. The van der Waals surface area contributed by atoms with Crippen LogP contribution in [0.3, 0.4) is 0 Å². The van der Waals surface area contributed by atoms with E-state index in [1.165, 1.54) is 51.4 Å². The van der Waals surface area contributed by atoms with Gasteiger partial charge in [0, 0.05) is 18.6 Å². The fraction of sp³-hybridized carbons (Fsp3) is 1.00. The summed E-state index contributed by atoms with van der Waals surface area (Å²) in [7, 11) is 0. The molecule has 2 aliphatic rings. The fourth-order valence-electron chi connectivity index (χ4n) is 3.22. The smallest absolute Gasteiger partial charge is 0.0510 e. The molecule has 0 spiro atoms. The van der Waals surface area contributed by atoms with Crippen molar-refractivity contribution in [2.45, 2.75) is 57.4 Å². The molecule has 0 aromatic rings. The van der Waals surface area contributed by atoms with Gasteiger partial charge in [-0.25, -0.2) is 0 Å². The van der Waals surface area contributed by atoms with Crippen LogP contribution < -0.4 is 11.3 Å². The number of rotatable bonds is 5. The van der Waals surface area contributed by atoms with Crippen molar-refractivity contribution in [1.29, 1.82) is 0 Å². The molecule has 1 aliphatic carbocycles. The predicted octanol–water partition coefficient (Wildman–Crippen LogP) is 2.22. The maximum absolute atomic E-state index is 5.66. The molecule has 94 valence electrons. The Balaban J connectivity index is 1.69. The molecule has 2 unspecified atom stereocenters. The summed E-state index contributed by atoms with van der Waals surface area (Å²) in [6.07, 6.45) is 11.0. The van der Waals surface area contributed by atoms with Crippen LogP contribution in [0.5, 0.6) is 0 Å². The summed E-state index contributed by atoms with van der Waals surface area (Å²) in [5, 5.41) is 0. The molecule has 2 atom stereocenters. The van der Waals surface area contributed by atoms with Gasteiger partial charge >= 0.3 is 0 Å². The van der Waals surface area contributed by atoms with Gasteiger partial charge in [-0.05, 0) is 25.2 Å². The van der Waals surface area contributed by atoms with Gasteiger partial charge in [-0.15, -0.1) is 0 Å². The first-order chi connectivity index (χ1) is 7.90. The molecule has 2 rings (SSSR count). The molecular weight excluding hydrogens is 200 g/mol. The largest absolute Gasteiger partial charge is 0.381 e. The molecule has 1 saturated carbocycles. The number of ether oxygens (including phenoxy) is 1. The number of hydrazine groups is 1. The lowest BCUT2D eigenvalue weighted by molar-refractivity contribution is 0.172. The predicted molar refractivity (Wildman–Crippen MR) is 65.8 cm³/mol. The van der Waals surface area contributed by atoms with Crippen molar-refractivity contribution < 1.29 is 4.74 Å². The highest BCUT2D eigenvalue weighted by Crippen LogP contribution is 2.29. The van der Waals surface area contributed by atoms with Crippen molar-refractivity contribution in [2.24, 2.45) is 17.7 Å². The summed E-state index contributed by atoms with van der Waals surface area (Å²) >= 11 is 0. The third-order valence-electron chi connectivity index (χ3n) is 4.36. The maximum atomic E-state index is 5.66. The van der Waals surface area contributed by atoms with Crippen molar-refractivity contribution in [3.63, 3.8) is 0 Å². The molecule has 1 saturated heterocycles. The van der Waals surface area contributed by atoms with E-state index in [-0.39, 0.29) is 0 Å². The summed E-state index contributed by atoms with van der Waals surface area (Å²) in [6, 6.07) is 0.476. The average molecular weight is 226 g/mol. The molecule has 0 aromatic carbocycles. The normalized spacial score (nSPS) is 29.4. The first-order valence-corrected chi connectivity index (χ1v) is 6.94. The quantitative estimate of drug-likeness (QED) is 0.558. The van der Waals surface area contributed by atoms with Crippen LogP contribution >= 0.6 is 0 Å². The third kappa shape index (κ3) is 3.44. The molecule has 3 N–H and O–H groups in total. The van der Waals surface area contributed by atoms with Crippen molar-refractivity contribution in [2.75, 3.05) is 13.2 Å². The number of hydrogen-bond acceptors (Lipinski definition) is 3. The van der Waals surface area contributed by atoms with Crippen molar-refractivity contribution >= 4 is 0 Å². The zero-order chi connectivity index (χ0) is 11.2. The molecule has 16 heavy (non-hydrogen) atoms. The minimum atomic E-state index is 0.476. The van der Waals surface area contributed by atoms with Crippen LogP contribution in [0.15, 0.2) is 0 Å². The van der Waals surface area contributed by atoms with Crippen molar-refractivity contribution in [3.05, 3.63) is 0 Å². The Morgan fingerprint density at radius 2 is 2.00 bits per heavy atom. The summed E-state index contributed by atoms with van der Waals surface area (Å²) in [6.45, 7) is 1.83. The summed E-state index contributed by atoms with van der Waals surface area (Å²) in [5.74, 6) is 7.27. The van der Waals surface area contributed by atoms with Gasteiger partial charge in [-0.1, -0.05) is 32.1 Å². The van der Waals surface area contributed by atoms with Gasteiger partial charge in [0.15, 0.2) is 0 Å². The maximum Gasteiger partial charge on any atom is 0.0510 e. The number of nitrogens with one attached hydrogen (secondary N) is 1. The van der Waals surface area contributed by atoms with E-state index in [1.54, 1.807) is 0 Å². The molecule has 0 amide bonds. The summed E-state index contributed by atoms with van der Waals surface area (Å²) in [4.78, 5) is 0. The van der Waals surface area contributed by atoms with Gasteiger partial charge in [-0.3, -0.25) is 11.3 Å². The minimum Gasteiger partial charge on any atom is -0.381 e. The molecule has 3 nitrogen and oxygen atoms in total. The number of hydrogen-bond donors (Lipinski definition) is 2. The second-order valence-corrected chi connectivity index (χ2v) is 5.48. The van der Waals surface area contributed by atoms with Crippen LogP contribution in [-0.4, -0.2) is 19.3 Å². The average Bonchev–Trinajstić information content (AvgIpc) is 2.85. The Morgan fingerprint density at radius 1 is 1.19 bits per heavy atom. The van der Waals surface area contributed by atoms with Crippen LogP contribution in [0.1, 0.15) is 51.4 Å². The zero-order valence-corrected chi connectivity index (χ0v) is 10.3. The van der Waals surface area contributed by atoms with E-state index >= 15 is 0 Å². The minimum absolute atomic E-state index is 0.476. The molecule has 0 radical (unpaired) electrons. The fourth-order valence-corrected chi connectivity index (χ4v) is 3.22. The van der Waals surface area contributed by atoms with Gasteiger partial charge in [0.1, 0.15) is 0 Å². The van der Waals surface area contributed by atoms with E-state index in [4.69, 9.17) is 10.6 Å². The Morgan fingerprint density at radius 3 is 2.62 bits per heavy atom. The highest BCUT2D eigenvalue weighted by Gasteiger charge is 2.25. The third-order valence-corrected chi connectivity index (χ3v) is 4.36. The topological polar surface area (TPSA) is 47.3 Å². The first kappa shape index (κ1) is 12.3. The summed E-state index contributed by atoms with van der Waals surface area (Å²) in [5.41, 5.74) is 3.00. The Kier molecular flexibility index (Phi) is 5.07. The molecule has 3 heteroatoms. The van der Waals surface area contributed by atoms with Gasteiger partial charge < -0.3 is 4.74 Å². The van der Waals surface area contributed by atoms with Crippen LogP contribution in [0, 0.1) is 11.8 Å². The lowest BCUT2D eigenvalue weighted by atomic mass is 9.83. The van der Waals surface area contributed by atoms with E-state index in [2.05, 4.69) is 5.43 Å². The van der Waals surface area contributed by atoms with E-state index in [9.17, 15) is 0 Å². The summed E-state index contributed by atoms with van der Waals surface area (Å²) < 4.78 is 5.44. The highest BCUT2D eigenvalue weighted by atomic mass is 16.5. The molecular formula is C13H26N2O.